The van der Waals surface area contributed by atoms with Crippen molar-refractivity contribution in [2.24, 2.45) is 4.99 Å². The molecule has 0 fully saturated rings. The number of amidine groups is 1. The van der Waals surface area contributed by atoms with Crippen molar-refractivity contribution >= 4 is 22.6 Å². The van der Waals surface area contributed by atoms with Gasteiger partial charge in [0.1, 0.15) is 0 Å². The third-order valence-electron chi connectivity index (χ3n) is 2.43. The summed E-state index contributed by atoms with van der Waals surface area (Å²) in [6, 6.07) is 6.43. The van der Waals surface area contributed by atoms with Crippen molar-refractivity contribution in [3.8, 4) is 0 Å². The number of thioether (sulfide) groups is 1. The van der Waals surface area contributed by atoms with E-state index in [1.54, 1.807) is 0 Å². The van der Waals surface area contributed by atoms with Gasteiger partial charge in [0.15, 0.2) is 5.17 Å². The molecule has 1 N–H and O–H groups in total. The van der Waals surface area contributed by atoms with Gasteiger partial charge < -0.3 is 5.32 Å². The van der Waals surface area contributed by atoms with Crippen molar-refractivity contribution in [2.75, 3.05) is 11.9 Å². The molecule has 1 atom stereocenters. The topological polar surface area (TPSA) is 24.4 Å². The number of benzene rings is 1. The second-order valence-electron chi connectivity index (χ2n) is 4.02. The average Bonchev–Trinajstić information content (AvgIpc) is 2.56. The van der Waals surface area contributed by atoms with Crippen LogP contribution in [0.15, 0.2) is 23.2 Å². The predicted molar refractivity (Wildman–Crippen MR) is 68.9 cm³/mol. The number of aryl methyl sites for hydroxylation is 2. The van der Waals surface area contributed by atoms with Gasteiger partial charge in [0.2, 0.25) is 0 Å². The first-order valence-corrected chi connectivity index (χ1v) is 6.08. The molecule has 15 heavy (non-hydrogen) atoms. The Kier molecular flexibility index (Phi) is 3.00. The first-order chi connectivity index (χ1) is 7.15. The van der Waals surface area contributed by atoms with E-state index < -0.39 is 0 Å². The summed E-state index contributed by atoms with van der Waals surface area (Å²) < 4.78 is 0. The third kappa shape index (κ3) is 2.53. The van der Waals surface area contributed by atoms with E-state index in [-0.39, 0.29) is 0 Å². The molecule has 0 saturated carbocycles. The van der Waals surface area contributed by atoms with Crippen LogP contribution in [0.4, 0.5) is 5.69 Å². The fourth-order valence-electron chi connectivity index (χ4n) is 1.61. The van der Waals surface area contributed by atoms with Crippen LogP contribution in [-0.2, 0) is 0 Å². The zero-order valence-electron chi connectivity index (χ0n) is 9.37. The van der Waals surface area contributed by atoms with Gasteiger partial charge in [-0.2, -0.15) is 0 Å². The lowest BCUT2D eigenvalue weighted by Crippen LogP contribution is -2.07. The van der Waals surface area contributed by atoms with Gasteiger partial charge in [0.05, 0.1) is 6.54 Å². The molecule has 80 valence electrons. The van der Waals surface area contributed by atoms with E-state index in [4.69, 9.17) is 0 Å². The minimum atomic E-state index is 0.609. The molecule has 0 radical (unpaired) electrons. The molecule has 3 heteroatoms. The van der Waals surface area contributed by atoms with E-state index >= 15 is 0 Å². The molecule has 1 aromatic carbocycles. The molecule has 0 unspecified atom stereocenters. The number of anilines is 1. The highest BCUT2D eigenvalue weighted by molar-refractivity contribution is 8.15. The van der Waals surface area contributed by atoms with E-state index in [1.807, 2.05) is 11.8 Å². The predicted octanol–water partition coefficient (Wildman–Crippen LogP) is 3.21. The molecule has 1 aliphatic heterocycles. The quantitative estimate of drug-likeness (QED) is 0.786. The van der Waals surface area contributed by atoms with Crippen LogP contribution in [0.2, 0.25) is 0 Å². The summed E-state index contributed by atoms with van der Waals surface area (Å²) in [6.45, 7) is 7.36. The van der Waals surface area contributed by atoms with E-state index in [9.17, 15) is 0 Å². The summed E-state index contributed by atoms with van der Waals surface area (Å²) in [7, 11) is 0. The zero-order chi connectivity index (χ0) is 10.8. The lowest BCUT2D eigenvalue weighted by atomic mass is 10.1. The second-order valence-corrected chi connectivity index (χ2v) is 5.44. The summed E-state index contributed by atoms with van der Waals surface area (Å²) in [5.41, 5.74) is 3.74. The van der Waals surface area contributed by atoms with Crippen molar-refractivity contribution in [1.82, 2.24) is 0 Å². The van der Waals surface area contributed by atoms with Crippen LogP contribution in [0.3, 0.4) is 0 Å². The van der Waals surface area contributed by atoms with Gasteiger partial charge >= 0.3 is 0 Å². The van der Waals surface area contributed by atoms with Crippen LogP contribution in [0.5, 0.6) is 0 Å². The molecule has 1 aromatic rings. The van der Waals surface area contributed by atoms with Crippen molar-refractivity contribution in [1.29, 1.82) is 0 Å². The Bertz CT molecular complexity index is 399. The normalized spacial score (nSPS) is 20.2. The van der Waals surface area contributed by atoms with Crippen LogP contribution in [0.1, 0.15) is 18.1 Å². The van der Waals surface area contributed by atoms with Crippen LogP contribution < -0.4 is 5.32 Å². The molecule has 1 heterocycles. The maximum atomic E-state index is 4.44. The molecular weight excluding hydrogens is 204 g/mol. The van der Waals surface area contributed by atoms with Crippen molar-refractivity contribution in [3.05, 3.63) is 29.3 Å². The number of hydrogen-bond donors (Lipinski definition) is 1. The molecule has 2 nitrogen and oxygen atoms in total. The molecule has 0 aliphatic carbocycles. The largest absolute Gasteiger partial charge is 0.335 e. The number of aliphatic imine (C=N–C) groups is 1. The SMILES string of the molecule is Cc1ccc(NC2=NC[C@@H](C)S2)c(C)c1. The standard InChI is InChI=1S/C12H16N2S/c1-8-4-5-11(9(2)6-8)14-12-13-7-10(3)15-12/h4-6,10H,7H2,1-3H3,(H,13,14)/t10-/m1/s1. The Morgan fingerprint density at radius 1 is 1.40 bits per heavy atom. The molecule has 1 aliphatic rings. The third-order valence-corrected chi connectivity index (χ3v) is 3.43. The monoisotopic (exact) mass is 220 g/mol. The van der Waals surface area contributed by atoms with E-state index in [2.05, 4.69) is 49.3 Å². The highest BCUT2D eigenvalue weighted by atomic mass is 32.2. The van der Waals surface area contributed by atoms with Gasteiger partial charge in [-0.3, -0.25) is 4.99 Å². The Hall–Kier alpha value is -0.960. The molecule has 0 saturated heterocycles. The number of nitrogens with one attached hydrogen (secondary N) is 1. The van der Waals surface area contributed by atoms with Gasteiger partial charge in [0, 0.05) is 10.9 Å². The van der Waals surface area contributed by atoms with E-state index in [1.165, 1.54) is 16.8 Å². The Morgan fingerprint density at radius 3 is 2.80 bits per heavy atom. The fourth-order valence-corrected chi connectivity index (χ4v) is 2.46. The van der Waals surface area contributed by atoms with Crippen molar-refractivity contribution in [3.63, 3.8) is 0 Å². The zero-order valence-corrected chi connectivity index (χ0v) is 10.2. The highest BCUT2D eigenvalue weighted by Crippen LogP contribution is 2.23. The van der Waals surface area contributed by atoms with Crippen LogP contribution in [-0.4, -0.2) is 17.0 Å². The summed E-state index contributed by atoms with van der Waals surface area (Å²) in [5.74, 6) is 0. The lowest BCUT2D eigenvalue weighted by Gasteiger charge is -2.09. The Morgan fingerprint density at radius 2 is 2.20 bits per heavy atom. The highest BCUT2D eigenvalue weighted by Gasteiger charge is 2.15. The van der Waals surface area contributed by atoms with Crippen LogP contribution in [0.25, 0.3) is 0 Å². The molecule has 0 aromatic heterocycles. The molecular formula is C12H16N2S. The van der Waals surface area contributed by atoms with Crippen LogP contribution in [0, 0.1) is 13.8 Å². The number of hydrogen-bond acceptors (Lipinski definition) is 3. The van der Waals surface area contributed by atoms with Gasteiger partial charge in [-0.1, -0.05) is 36.4 Å². The average molecular weight is 220 g/mol. The first-order valence-electron chi connectivity index (χ1n) is 5.20. The van der Waals surface area contributed by atoms with Crippen molar-refractivity contribution in [2.45, 2.75) is 26.0 Å². The molecule has 2 rings (SSSR count). The van der Waals surface area contributed by atoms with Crippen molar-refractivity contribution < 1.29 is 0 Å². The lowest BCUT2D eigenvalue weighted by molar-refractivity contribution is 0.976. The maximum absolute atomic E-state index is 4.44. The summed E-state index contributed by atoms with van der Waals surface area (Å²) in [4.78, 5) is 4.44. The summed E-state index contributed by atoms with van der Waals surface area (Å²) >= 11 is 1.81. The molecule has 0 bridgehead atoms. The number of nitrogens with zero attached hydrogens (tertiary/aromatic N) is 1. The number of rotatable bonds is 1. The van der Waals surface area contributed by atoms with E-state index in [0.29, 0.717) is 5.25 Å². The van der Waals surface area contributed by atoms with Gasteiger partial charge in [-0.05, 0) is 25.5 Å². The first kappa shape index (κ1) is 10.6. The van der Waals surface area contributed by atoms with E-state index in [0.717, 1.165) is 11.7 Å². The molecule has 0 spiro atoms. The Balaban J connectivity index is 2.11. The summed E-state index contributed by atoms with van der Waals surface area (Å²) in [6.07, 6.45) is 0. The molecule has 0 amide bonds. The Labute approximate surface area is 95.2 Å². The van der Waals surface area contributed by atoms with Gasteiger partial charge in [-0.25, -0.2) is 0 Å². The smallest absolute Gasteiger partial charge is 0.161 e. The fraction of sp³-hybridized carbons (Fsp3) is 0.417. The maximum Gasteiger partial charge on any atom is 0.161 e. The minimum Gasteiger partial charge on any atom is -0.335 e. The van der Waals surface area contributed by atoms with Gasteiger partial charge in [0.25, 0.3) is 0 Å². The minimum absolute atomic E-state index is 0.609. The van der Waals surface area contributed by atoms with Gasteiger partial charge in [-0.15, -0.1) is 0 Å². The van der Waals surface area contributed by atoms with Crippen LogP contribution >= 0.6 is 11.8 Å². The summed E-state index contributed by atoms with van der Waals surface area (Å²) in [5, 5.41) is 5.04. The second kappa shape index (κ2) is 4.27.